The third-order valence-corrected chi connectivity index (χ3v) is 18.2. The lowest BCUT2D eigenvalue weighted by Gasteiger charge is -2.53. The van der Waals surface area contributed by atoms with E-state index in [0.29, 0.717) is 61.9 Å². The molecule has 14 nitrogen and oxygen atoms in total. The Bertz CT molecular complexity index is 4880. The molecule has 1 saturated carbocycles. The molecule has 9 aromatic rings. The van der Waals surface area contributed by atoms with Crippen molar-refractivity contribution < 1.29 is 50.4 Å². The Kier molecular flexibility index (Phi) is 32.0. The Morgan fingerprint density at radius 3 is 1.38 bits per heavy atom. The smallest absolute Gasteiger partial charge is 0.418 e. The molecule has 2 fully saturated rings. The lowest BCUT2D eigenvalue weighted by atomic mass is 9.52. The zero-order chi connectivity index (χ0) is 86.4. The van der Waals surface area contributed by atoms with E-state index in [1.807, 2.05) is 182 Å². The van der Waals surface area contributed by atoms with Gasteiger partial charge in [-0.1, -0.05) is 162 Å². The quantitative estimate of drug-likeness (QED) is 0.112. The number of nitrogens with zero attached hydrogens (tertiary/aromatic N) is 8. The maximum absolute atomic E-state index is 13.3. The van der Waals surface area contributed by atoms with E-state index in [-0.39, 0.29) is 51.0 Å². The minimum atomic E-state index is -4.53. The predicted octanol–water partition coefficient (Wildman–Crippen LogP) is 28.5. The van der Waals surface area contributed by atoms with Crippen LogP contribution in [0, 0.1) is 49.6 Å². The van der Waals surface area contributed by atoms with Crippen LogP contribution in [0.5, 0.6) is 29.0 Å². The number of alkyl halides is 3. The van der Waals surface area contributed by atoms with Crippen LogP contribution in [-0.2, 0) is 16.3 Å². The van der Waals surface area contributed by atoms with Crippen molar-refractivity contribution >= 4 is 79.2 Å². The number of hydrogen-bond acceptors (Lipinski definition) is 11. The summed E-state index contributed by atoms with van der Waals surface area (Å²) < 4.78 is 98.7. The lowest BCUT2D eigenvalue weighted by molar-refractivity contribution is -0.139. The number of rotatable bonds is 7. The van der Waals surface area contributed by atoms with Crippen molar-refractivity contribution in [2.24, 2.45) is 11.3 Å². The molecule has 3 aliphatic carbocycles. The van der Waals surface area contributed by atoms with Gasteiger partial charge in [-0.25, -0.2) is 18.5 Å². The summed E-state index contributed by atoms with van der Waals surface area (Å²) in [5, 5.41) is 20.6. The lowest BCUT2D eigenvalue weighted by Crippen LogP contribution is -2.42. The SMILES string of the molecule is CC(C)(C)OC1CCCN(c2cc(F)cc(F)c2)C1.CC(C)(C)Oc1nnc(Cl)c2ccccc12.CC(C)(C)c1ccc2c(c1)C1CC(C1)C2C(C)(C)C.Cc1ccc(OC(C)(C)C)c(Cl)c1.[C-]#[N+]c1ccc(OC(C)(C)C)c(C(F)(F)F)c1.[C-]#[N+]c1ccc(OC(C)(C)C)c(Cl)c1.[C-]#[N+]c1nnc(OC(C)(C)C)c2ccccc12. The molecular weight excluding hydrogens is 1530 g/mol. The summed E-state index contributed by atoms with van der Waals surface area (Å²) in [6, 6.07) is 40.3. The summed E-state index contributed by atoms with van der Waals surface area (Å²) in [5.74, 6) is 3.92. The van der Waals surface area contributed by atoms with Gasteiger partial charge in [0.25, 0.3) is 5.88 Å². The average molecular weight is 1640 g/mol. The zero-order valence-electron chi connectivity index (χ0n) is 71.4. The molecule has 0 radical (unpaired) electrons. The number of benzene rings is 7. The summed E-state index contributed by atoms with van der Waals surface area (Å²) in [7, 11) is 0. The summed E-state index contributed by atoms with van der Waals surface area (Å²) in [6.45, 7) is 73.0. The van der Waals surface area contributed by atoms with Gasteiger partial charge in [-0.3, -0.25) is 0 Å². The monoisotopic (exact) mass is 1640 g/mol. The van der Waals surface area contributed by atoms with E-state index >= 15 is 0 Å². The van der Waals surface area contributed by atoms with E-state index < -0.39 is 29.0 Å². The molecule has 22 heteroatoms. The molecule has 2 unspecified atom stereocenters. The number of hydrogen-bond donors (Lipinski definition) is 0. The molecule has 4 aliphatic rings. The van der Waals surface area contributed by atoms with Gasteiger partial charge in [0.2, 0.25) is 5.88 Å². The van der Waals surface area contributed by atoms with Gasteiger partial charge in [0.15, 0.2) is 16.5 Å². The third-order valence-electron chi connectivity index (χ3n) is 17.3. The zero-order valence-corrected chi connectivity index (χ0v) is 73.6. The molecule has 115 heavy (non-hydrogen) atoms. The standard InChI is InChI=1S/C19H28.C15H21F2NO.C13H13N3O.C12H13ClN2O.C12H12F3NO.C11H12ClNO.C11H15ClO/c1-18(2,3)14-7-8-15-16(11-14)12-9-13(10-12)17(15)19(4,5)6;1-15(2,3)19-14-5-4-6-18(10-14)13-8-11(16)7-12(17)9-13;1-13(2,3)17-12-10-8-6-5-7-9(10)11(14-4)15-16-12;1-12(2,3)16-11-9-7-5-4-6-8(9)10(13)14-15-11;1-11(2,3)17-10-6-5-8(16-4)7-9(10)12(13,14)15;1-11(2,3)14-10-6-5-8(13-4)7-9(10)12;1-8-5-6-10(9(12)7-8)13-11(2,3)4/h7-8,11-13,17H,9-10H2,1-6H3;7-9,14H,4-6,10H2,1-3H3;5-8H,1-3H3;4-7H,1-3H3;5-7H,1-3H3;5-7H,1-3H3;5-7H,1-4H3. The van der Waals surface area contributed by atoms with Crippen LogP contribution in [0.25, 0.3) is 36.1 Å². The highest BCUT2D eigenvalue weighted by Crippen LogP contribution is 2.61. The highest BCUT2D eigenvalue weighted by atomic mass is 35.5. The van der Waals surface area contributed by atoms with Crippen LogP contribution in [-0.4, -0.2) is 73.2 Å². The van der Waals surface area contributed by atoms with Crippen molar-refractivity contribution in [3.05, 3.63) is 228 Å². The fourth-order valence-electron chi connectivity index (χ4n) is 12.9. The van der Waals surface area contributed by atoms with Gasteiger partial charge < -0.3 is 38.2 Å². The fraction of sp³-hybridized carbons (Fsp3) is 0.473. The fourth-order valence-corrected chi connectivity index (χ4v) is 13.6. The Balaban J connectivity index is 0.000000209. The van der Waals surface area contributed by atoms with Crippen molar-refractivity contribution in [1.29, 1.82) is 0 Å². The van der Waals surface area contributed by atoms with Gasteiger partial charge in [-0.15, -0.1) is 10.2 Å². The van der Waals surface area contributed by atoms with Crippen molar-refractivity contribution in [1.82, 2.24) is 20.4 Å². The molecule has 2 atom stereocenters. The molecule has 2 aromatic heterocycles. The second kappa shape index (κ2) is 38.8. The minimum Gasteiger partial charge on any atom is -0.488 e. The first-order chi connectivity index (χ1) is 52.9. The van der Waals surface area contributed by atoms with E-state index in [4.69, 9.17) is 82.9 Å². The van der Waals surface area contributed by atoms with Crippen LogP contribution in [0.15, 0.2) is 140 Å². The van der Waals surface area contributed by atoms with E-state index in [1.165, 1.54) is 42.7 Å². The Labute approximate surface area is 694 Å². The molecule has 13 rings (SSSR count). The Hall–Kier alpha value is -9.03. The molecule has 0 spiro atoms. The summed E-state index contributed by atoms with van der Waals surface area (Å²) in [4.78, 5) is 11.6. The molecule has 1 saturated heterocycles. The molecule has 7 aromatic carbocycles. The van der Waals surface area contributed by atoms with Crippen molar-refractivity contribution in [3.63, 3.8) is 0 Å². The van der Waals surface area contributed by atoms with Gasteiger partial charge in [-0.2, -0.15) is 13.2 Å². The van der Waals surface area contributed by atoms with Gasteiger partial charge in [0.05, 0.1) is 40.5 Å². The minimum absolute atomic E-state index is 0.0569. The molecule has 3 heterocycles. The largest absolute Gasteiger partial charge is 0.488 e. The van der Waals surface area contributed by atoms with Gasteiger partial charge >= 0.3 is 12.0 Å². The Morgan fingerprint density at radius 1 is 0.461 bits per heavy atom. The molecule has 2 bridgehead atoms. The van der Waals surface area contributed by atoms with Crippen LogP contribution in [0.4, 0.5) is 44.8 Å². The first-order valence-corrected chi connectivity index (χ1v) is 39.6. The van der Waals surface area contributed by atoms with Crippen LogP contribution in [0.1, 0.15) is 232 Å². The van der Waals surface area contributed by atoms with Crippen LogP contribution >= 0.6 is 34.8 Å². The number of halogens is 8. The summed E-state index contributed by atoms with van der Waals surface area (Å²) >= 11 is 17.9. The average Bonchev–Trinajstić information content (AvgIpc) is 0.724. The molecule has 0 N–H and O–H groups in total. The number of aromatic nitrogens is 4. The summed E-state index contributed by atoms with van der Waals surface area (Å²) in [5.41, 5.74) is 4.78. The molecule has 618 valence electrons. The number of piperidine rings is 1. The van der Waals surface area contributed by atoms with Crippen LogP contribution in [0.2, 0.25) is 15.2 Å². The highest BCUT2D eigenvalue weighted by Gasteiger charge is 2.48. The predicted molar refractivity (Wildman–Crippen MR) is 459 cm³/mol. The van der Waals surface area contributed by atoms with Gasteiger partial charge in [0, 0.05) is 51.5 Å². The van der Waals surface area contributed by atoms with Crippen molar-refractivity contribution in [2.45, 2.75) is 262 Å². The third kappa shape index (κ3) is 30.5. The maximum atomic E-state index is 13.3. The van der Waals surface area contributed by atoms with E-state index in [9.17, 15) is 22.0 Å². The van der Waals surface area contributed by atoms with E-state index in [0.717, 1.165) is 82.1 Å². The van der Waals surface area contributed by atoms with Crippen LogP contribution < -0.4 is 28.6 Å². The highest BCUT2D eigenvalue weighted by molar-refractivity contribution is 6.34. The number of fused-ring (bicyclic) bond motifs is 2. The maximum Gasteiger partial charge on any atom is 0.418 e. The normalized spacial score (nSPS) is 16.0. The molecule has 1 aliphatic heterocycles. The van der Waals surface area contributed by atoms with Crippen molar-refractivity contribution in [3.8, 4) is 29.0 Å². The van der Waals surface area contributed by atoms with Gasteiger partial charge in [0.1, 0.15) is 56.9 Å². The van der Waals surface area contributed by atoms with Gasteiger partial charge in [-0.05, 0) is 268 Å². The topological polar surface area (TPSA) is 123 Å². The first-order valence-electron chi connectivity index (χ1n) is 38.5. The number of ether oxygens (including phenoxy) is 6. The molecule has 0 amide bonds. The second-order valence-electron chi connectivity index (χ2n) is 36.8. The van der Waals surface area contributed by atoms with E-state index in [2.05, 4.69) is 94.7 Å². The van der Waals surface area contributed by atoms with Crippen LogP contribution in [0.3, 0.4) is 0 Å². The molecular formula is C93H114Cl3F5N8O6. The Morgan fingerprint density at radius 2 is 0.922 bits per heavy atom. The second-order valence-corrected chi connectivity index (χ2v) is 38.0. The first kappa shape index (κ1) is 94.8. The number of aryl methyl sites for hydroxylation is 1. The number of anilines is 1. The van der Waals surface area contributed by atoms with E-state index in [1.54, 1.807) is 50.1 Å². The van der Waals surface area contributed by atoms with Crippen molar-refractivity contribution in [2.75, 3.05) is 18.0 Å². The summed E-state index contributed by atoms with van der Waals surface area (Å²) in [6.07, 6.45) is 0.414.